The zero-order valence-electron chi connectivity index (χ0n) is 10.4. The normalized spacial score (nSPS) is 12.2. The van der Waals surface area contributed by atoms with Gasteiger partial charge >= 0.3 is 0 Å². The van der Waals surface area contributed by atoms with Crippen LogP contribution in [0.25, 0.3) is 0 Å². The first-order valence-electron chi connectivity index (χ1n) is 5.16. The molecule has 0 aliphatic heterocycles. The van der Waals surface area contributed by atoms with Gasteiger partial charge in [-0.1, -0.05) is 5.92 Å². The SMILES string of the molecule is C#CC(C)(C)NS(=O)(=O)c1cc(N)cc(C)c1F. The van der Waals surface area contributed by atoms with Gasteiger partial charge in [0, 0.05) is 5.69 Å². The molecule has 0 saturated heterocycles. The standard InChI is InChI=1S/C12H15FN2O2S/c1-5-12(3,4)15-18(16,17)10-7-9(14)6-8(2)11(10)13/h1,6-7,15H,14H2,2-4H3. The van der Waals surface area contributed by atoms with Gasteiger partial charge in [0.1, 0.15) is 10.7 Å². The maximum atomic E-state index is 13.8. The molecule has 0 bridgehead atoms. The number of sulfonamides is 1. The third-order valence-electron chi connectivity index (χ3n) is 2.28. The Hall–Kier alpha value is -1.58. The van der Waals surface area contributed by atoms with Crippen molar-refractivity contribution in [1.82, 2.24) is 4.72 Å². The van der Waals surface area contributed by atoms with Gasteiger partial charge in [0.15, 0.2) is 0 Å². The molecular weight excluding hydrogens is 255 g/mol. The minimum absolute atomic E-state index is 0.161. The molecule has 0 atom stereocenters. The molecule has 0 unspecified atom stereocenters. The molecule has 1 rings (SSSR count). The molecule has 0 aliphatic rings. The van der Waals surface area contributed by atoms with Crippen molar-refractivity contribution < 1.29 is 12.8 Å². The van der Waals surface area contributed by atoms with E-state index in [4.69, 9.17) is 12.2 Å². The zero-order chi connectivity index (χ0) is 14.1. The Labute approximate surface area is 106 Å². The predicted molar refractivity (Wildman–Crippen MR) is 68.8 cm³/mol. The van der Waals surface area contributed by atoms with Gasteiger partial charge in [-0.3, -0.25) is 0 Å². The van der Waals surface area contributed by atoms with Crippen LogP contribution in [0.5, 0.6) is 0 Å². The van der Waals surface area contributed by atoms with E-state index in [1.165, 1.54) is 26.8 Å². The molecule has 4 nitrogen and oxygen atoms in total. The van der Waals surface area contributed by atoms with Crippen LogP contribution in [-0.2, 0) is 10.0 Å². The lowest BCUT2D eigenvalue weighted by Gasteiger charge is -2.20. The summed E-state index contributed by atoms with van der Waals surface area (Å²) >= 11 is 0. The number of hydrogen-bond acceptors (Lipinski definition) is 3. The Kier molecular flexibility index (Phi) is 3.70. The van der Waals surface area contributed by atoms with Crippen molar-refractivity contribution in [3.8, 4) is 12.3 Å². The largest absolute Gasteiger partial charge is 0.399 e. The highest BCUT2D eigenvalue weighted by Gasteiger charge is 2.27. The summed E-state index contributed by atoms with van der Waals surface area (Å²) in [6.45, 7) is 4.44. The molecule has 0 aromatic heterocycles. The predicted octanol–water partition coefficient (Wildman–Crippen LogP) is 1.41. The maximum Gasteiger partial charge on any atom is 0.244 e. The lowest BCUT2D eigenvalue weighted by Crippen LogP contribution is -2.42. The van der Waals surface area contributed by atoms with E-state index in [1.54, 1.807) is 0 Å². The Bertz CT molecular complexity index is 616. The van der Waals surface area contributed by atoms with Gasteiger partial charge in [-0.15, -0.1) is 6.42 Å². The van der Waals surface area contributed by atoms with E-state index in [0.29, 0.717) is 0 Å². The van der Waals surface area contributed by atoms with Crippen molar-refractivity contribution in [3.63, 3.8) is 0 Å². The second-order valence-corrected chi connectivity index (χ2v) is 6.18. The highest BCUT2D eigenvalue weighted by atomic mass is 32.2. The number of nitrogen functional groups attached to an aromatic ring is 1. The van der Waals surface area contributed by atoms with E-state index in [1.807, 2.05) is 0 Å². The molecule has 1 aromatic rings. The average Bonchev–Trinajstić information content (AvgIpc) is 2.21. The summed E-state index contributed by atoms with van der Waals surface area (Å²) in [6.07, 6.45) is 5.19. The van der Waals surface area contributed by atoms with Crippen molar-refractivity contribution in [1.29, 1.82) is 0 Å². The van der Waals surface area contributed by atoms with E-state index in [9.17, 15) is 12.8 Å². The van der Waals surface area contributed by atoms with E-state index in [0.717, 1.165) is 6.07 Å². The maximum absolute atomic E-state index is 13.8. The van der Waals surface area contributed by atoms with Gasteiger partial charge in [0.05, 0.1) is 5.54 Å². The fourth-order valence-corrected chi connectivity index (χ4v) is 2.91. The van der Waals surface area contributed by atoms with Crippen LogP contribution in [0.3, 0.4) is 0 Å². The van der Waals surface area contributed by atoms with Crippen LogP contribution in [0.4, 0.5) is 10.1 Å². The lowest BCUT2D eigenvalue weighted by atomic mass is 10.1. The molecule has 1 aromatic carbocycles. The number of aryl methyl sites for hydroxylation is 1. The molecule has 0 aliphatic carbocycles. The summed E-state index contributed by atoms with van der Waals surface area (Å²) < 4.78 is 40.1. The third kappa shape index (κ3) is 3.00. The lowest BCUT2D eigenvalue weighted by molar-refractivity contribution is 0.525. The fraction of sp³-hybridized carbons (Fsp3) is 0.333. The first kappa shape index (κ1) is 14.5. The van der Waals surface area contributed by atoms with Gasteiger partial charge in [-0.05, 0) is 38.5 Å². The summed E-state index contributed by atoms with van der Waals surface area (Å²) in [6, 6.07) is 2.43. The molecule has 6 heteroatoms. The van der Waals surface area contributed by atoms with E-state index < -0.39 is 26.3 Å². The minimum atomic E-state index is -4.05. The Balaban J connectivity index is 3.35. The average molecular weight is 270 g/mol. The number of terminal acetylenes is 1. The first-order chi connectivity index (χ1) is 8.09. The number of halogens is 1. The number of nitrogens with one attached hydrogen (secondary N) is 1. The van der Waals surface area contributed by atoms with E-state index in [2.05, 4.69) is 10.6 Å². The molecular formula is C12H15FN2O2S. The van der Waals surface area contributed by atoms with Crippen LogP contribution < -0.4 is 10.5 Å². The fourth-order valence-electron chi connectivity index (χ4n) is 1.38. The molecule has 0 spiro atoms. The van der Waals surface area contributed by atoms with Gasteiger partial charge in [-0.25, -0.2) is 12.8 Å². The molecule has 0 heterocycles. The number of benzene rings is 1. The molecule has 18 heavy (non-hydrogen) atoms. The van der Waals surface area contributed by atoms with Crippen molar-refractivity contribution in [3.05, 3.63) is 23.5 Å². The monoisotopic (exact) mass is 270 g/mol. The van der Waals surface area contributed by atoms with Crippen LogP contribution in [0.1, 0.15) is 19.4 Å². The van der Waals surface area contributed by atoms with Crippen LogP contribution in [0, 0.1) is 25.1 Å². The zero-order valence-corrected chi connectivity index (χ0v) is 11.2. The quantitative estimate of drug-likeness (QED) is 0.644. The summed E-state index contributed by atoms with van der Waals surface area (Å²) in [7, 11) is -4.05. The van der Waals surface area contributed by atoms with E-state index >= 15 is 0 Å². The topological polar surface area (TPSA) is 72.2 Å². The third-order valence-corrected chi connectivity index (χ3v) is 3.94. The molecule has 98 valence electrons. The molecule has 0 radical (unpaired) electrons. The first-order valence-corrected chi connectivity index (χ1v) is 6.65. The highest BCUT2D eigenvalue weighted by molar-refractivity contribution is 7.89. The van der Waals surface area contributed by atoms with Gasteiger partial charge in [0.2, 0.25) is 10.0 Å². The number of rotatable bonds is 3. The van der Waals surface area contributed by atoms with Crippen molar-refractivity contribution in [2.45, 2.75) is 31.2 Å². The van der Waals surface area contributed by atoms with Crippen LogP contribution in [-0.4, -0.2) is 14.0 Å². The van der Waals surface area contributed by atoms with Gasteiger partial charge < -0.3 is 5.73 Å². The second-order valence-electron chi connectivity index (χ2n) is 4.52. The molecule has 0 amide bonds. The van der Waals surface area contributed by atoms with Crippen LogP contribution in [0.15, 0.2) is 17.0 Å². The smallest absolute Gasteiger partial charge is 0.244 e. The van der Waals surface area contributed by atoms with Crippen LogP contribution in [0.2, 0.25) is 0 Å². The van der Waals surface area contributed by atoms with Gasteiger partial charge in [-0.2, -0.15) is 4.72 Å². The van der Waals surface area contributed by atoms with Crippen molar-refractivity contribution in [2.24, 2.45) is 0 Å². The van der Waals surface area contributed by atoms with E-state index in [-0.39, 0.29) is 11.3 Å². The van der Waals surface area contributed by atoms with Crippen LogP contribution >= 0.6 is 0 Å². The summed E-state index contributed by atoms with van der Waals surface area (Å²) in [5, 5.41) is 0. The second kappa shape index (κ2) is 4.59. The summed E-state index contributed by atoms with van der Waals surface area (Å²) in [5.74, 6) is 1.44. The Morgan fingerprint density at radius 3 is 2.50 bits per heavy atom. The number of hydrogen-bond donors (Lipinski definition) is 2. The Morgan fingerprint density at radius 1 is 1.44 bits per heavy atom. The summed E-state index contributed by atoms with van der Waals surface area (Å²) in [5.41, 5.74) is 4.75. The summed E-state index contributed by atoms with van der Waals surface area (Å²) in [4.78, 5) is -0.497. The van der Waals surface area contributed by atoms with Crippen molar-refractivity contribution in [2.75, 3.05) is 5.73 Å². The molecule has 0 saturated carbocycles. The van der Waals surface area contributed by atoms with Crippen molar-refractivity contribution >= 4 is 15.7 Å². The highest BCUT2D eigenvalue weighted by Crippen LogP contribution is 2.22. The Morgan fingerprint density at radius 2 is 2.00 bits per heavy atom. The number of nitrogens with two attached hydrogens (primary N) is 1. The molecule has 0 fully saturated rings. The van der Waals surface area contributed by atoms with Gasteiger partial charge in [0.25, 0.3) is 0 Å². The number of anilines is 1. The molecule has 3 N–H and O–H groups in total. The minimum Gasteiger partial charge on any atom is -0.399 e.